The third-order valence-electron chi connectivity index (χ3n) is 6.32. The van der Waals surface area contributed by atoms with Crippen LogP contribution in [0.25, 0.3) is 10.9 Å². The van der Waals surface area contributed by atoms with E-state index in [9.17, 15) is 4.79 Å². The number of amides is 1. The van der Waals surface area contributed by atoms with E-state index in [4.69, 9.17) is 9.47 Å². The molecule has 2 aromatic carbocycles. The summed E-state index contributed by atoms with van der Waals surface area (Å²) in [7, 11) is 3.28. The van der Waals surface area contributed by atoms with E-state index in [0.29, 0.717) is 23.8 Å². The predicted octanol–water partition coefficient (Wildman–Crippen LogP) is 4.97. The van der Waals surface area contributed by atoms with Gasteiger partial charge in [0, 0.05) is 42.5 Å². The molecule has 1 atom stereocenters. The van der Waals surface area contributed by atoms with E-state index < -0.39 is 0 Å². The number of methoxy groups -OCH3 is 2. The highest BCUT2D eigenvalue weighted by atomic mass is 16.5. The molecule has 0 spiro atoms. The molecule has 5 heteroatoms. The Morgan fingerprint density at radius 2 is 1.83 bits per heavy atom. The van der Waals surface area contributed by atoms with Crippen LogP contribution >= 0.6 is 0 Å². The Morgan fingerprint density at radius 1 is 1.10 bits per heavy atom. The van der Waals surface area contributed by atoms with Crippen LogP contribution in [0.5, 0.6) is 11.5 Å². The van der Waals surface area contributed by atoms with Crippen molar-refractivity contribution in [2.45, 2.75) is 32.1 Å². The van der Waals surface area contributed by atoms with Crippen LogP contribution in [0.3, 0.4) is 0 Å². The fourth-order valence-electron chi connectivity index (χ4n) is 4.42. The van der Waals surface area contributed by atoms with E-state index in [2.05, 4.69) is 24.0 Å². The zero-order valence-electron chi connectivity index (χ0n) is 18.0. The monoisotopic (exact) mass is 406 g/mol. The van der Waals surface area contributed by atoms with E-state index in [0.717, 1.165) is 48.0 Å². The SMILES string of the molecule is COc1ccc(C(CC(=O)N2CCC(C)CC2)c2c[nH]c3ccccc23)cc1OC. The lowest BCUT2D eigenvalue weighted by molar-refractivity contribution is -0.132. The number of para-hydroxylation sites is 1. The highest BCUT2D eigenvalue weighted by molar-refractivity contribution is 5.86. The van der Waals surface area contributed by atoms with Gasteiger partial charge in [0.2, 0.25) is 5.91 Å². The first kappa shape index (κ1) is 20.3. The van der Waals surface area contributed by atoms with Crippen molar-refractivity contribution < 1.29 is 14.3 Å². The van der Waals surface area contributed by atoms with Crippen LogP contribution in [-0.4, -0.2) is 43.1 Å². The van der Waals surface area contributed by atoms with Crippen molar-refractivity contribution in [2.24, 2.45) is 5.92 Å². The smallest absolute Gasteiger partial charge is 0.223 e. The molecule has 1 aliphatic rings. The van der Waals surface area contributed by atoms with Gasteiger partial charge >= 0.3 is 0 Å². The van der Waals surface area contributed by atoms with Gasteiger partial charge in [-0.2, -0.15) is 0 Å². The van der Waals surface area contributed by atoms with Crippen molar-refractivity contribution >= 4 is 16.8 Å². The molecule has 0 radical (unpaired) electrons. The van der Waals surface area contributed by atoms with E-state index in [-0.39, 0.29) is 11.8 Å². The summed E-state index contributed by atoms with van der Waals surface area (Å²) in [5.74, 6) is 2.22. The Labute approximate surface area is 178 Å². The molecule has 1 N–H and O–H groups in total. The van der Waals surface area contributed by atoms with Crippen molar-refractivity contribution in [3.8, 4) is 11.5 Å². The third-order valence-corrected chi connectivity index (χ3v) is 6.32. The molecule has 1 aromatic heterocycles. The van der Waals surface area contributed by atoms with Gasteiger partial charge in [-0.15, -0.1) is 0 Å². The summed E-state index contributed by atoms with van der Waals surface area (Å²) in [5, 5.41) is 1.15. The summed E-state index contributed by atoms with van der Waals surface area (Å²) in [6.45, 7) is 3.97. The van der Waals surface area contributed by atoms with Crippen molar-refractivity contribution in [3.63, 3.8) is 0 Å². The quantitative estimate of drug-likeness (QED) is 0.629. The molecule has 4 rings (SSSR count). The fourth-order valence-corrected chi connectivity index (χ4v) is 4.42. The fraction of sp³-hybridized carbons (Fsp3) is 0.400. The number of carbonyl (C=O) groups excluding carboxylic acids is 1. The van der Waals surface area contributed by atoms with Crippen molar-refractivity contribution in [2.75, 3.05) is 27.3 Å². The maximum absolute atomic E-state index is 13.3. The van der Waals surface area contributed by atoms with E-state index in [1.807, 2.05) is 41.4 Å². The van der Waals surface area contributed by atoms with Gasteiger partial charge in [-0.05, 0) is 48.1 Å². The molecule has 30 heavy (non-hydrogen) atoms. The molecular formula is C25H30N2O3. The lowest BCUT2D eigenvalue weighted by Crippen LogP contribution is -2.38. The van der Waals surface area contributed by atoms with Gasteiger partial charge in [0.15, 0.2) is 11.5 Å². The second kappa shape index (κ2) is 8.82. The van der Waals surface area contributed by atoms with Crippen LogP contribution in [0.2, 0.25) is 0 Å². The van der Waals surface area contributed by atoms with Crippen LogP contribution in [0.4, 0.5) is 0 Å². The minimum Gasteiger partial charge on any atom is -0.493 e. The summed E-state index contributed by atoms with van der Waals surface area (Å²) in [4.78, 5) is 18.7. The summed E-state index contributed by atoms with van der Waals surface area (Å²) in [5.41, 5.74) is 3.27. The summed E-state index contributed by atoms with van der Waals surface area (Å²) >= 11 is 0. The Morgan fingerprint density at radius 3 is 2.57 bits per heavy atom. The number of aromatic amines is 1. The van der Waals surface area contributed by atoms with E-state index in [1.54, 1.807) is 14.2 Å². The third kappa shape index (κ3) is 4.02. The van der Waals surface area contributed by atoms with Crippen LogP contribution in [0.1, 0.15) is 43.2 Å². The highest BCUT2D eigenvalue weighted by Gasteiger charge is 2.27. The number of aromatic nitrogens is 1. The lowest BCUT2D eigenvalue weighted by Gasteiger charge is -2.31. The minimum atomic E-state index is -0.0622. The van der Waals surface area contributed by atoms with Gasteiger partial charge in [0.25, 0.3) is 0 Å². The number of benzene rings is 2. The number of fused-ring (bicyclic) bond motifs is 1. The van der Waals surface area contributed by atoms with Gasteiger partial charge in [-0.3, -0.25) is 4.79 Å². The topological polar surface area (TPSA) is 54.6 Å². The highest BCUT2D eigenvalue weighted by Crippen LogP contribution is 2.38. The second-order valence-electron chi connectivity index (χ2n) is 8.22. The molecule has 1 unspecified atom stereocenters. The number of hydrogen-bond donors (Lipinski definition) is 1. The number of H-pyrrole nitrogens is 1. The normalized spacial score (nSPS) is 15.9. The zero-order chi connectivity index (χ0) is 21.1. The van der Waals surface area contributed by atoms with Crippen molar-refractivity contribution in [3.05, 3.63) is 59.8 Å². The molecular weight excluding hydrogens is 376 g/mol. The Hall–Kier alpha value is -2.95. The van der Waals surface area contributed by atoms with Gasteiger partial charge < -0.3 is 19.4 Å². The van der Waals surface area contributed by atoms with Crippen molar-refractivity contribution in [1.29, 1.82) is 0 Å². The van der Waals surface area contributed by atoms with Crippen LogP contribution in [0.15, 0.2) is 48.7 Å². The van der Waals surface area contributed by atoms with Crippen molar-refractivity contribution in [1.82, 2.24) is 9.88 Å². The number of piperidine rings is 1. The molecule has 0 saturated carbocycles. The molecule has 2 heterocycles. The number of nitrogens with one attached hydrogen (secondary N) is 1. The molecule has 1 saturated heterocycles. The van der Waals surface area contributed by atoms with Crippen LogP contribution in [-0.2, 0) is 4.79 Å². The first-order valence-electron chi connectivity index (χ1n) is 10.7. The molecule has 5 nitrogen and oxygen atoms in total. The van der Waals surface area contributed by atoms with Crippen LogP contribution < -0.4 is 9.47 Å². The standard InChI is InChI=1S/C25H30N2O3/c1-17-10-12-27(13-11-17)25(28)15-20(18-8-9-23(29-2)24(14-18)30-3)21-16-26-22-7-5-4-6-19(21)22/h4-9,14,16-17,20,26H,10-13,15H2,1-3H3. The summed E-state index contributed by atoms with van der Waals surface area (Å²) in [6.07, 6.45) is 4.64. The molecule has 0 bridgehead atoms. The zero-order valence-corrected chi connectivity index (χ0v) is 18.0. The number of carbonyl (C=O) groups is 1. The molecule has 0 aliphatic carbocycles. The second-order valence-corrected chi connectivity index (χ2v) is 8.22. The maximum Gasteiger partial charge on any atom is 0.223 e. The molecule has 158 valence electrons. The van der Waals surface area contributed by atoms with E-state index in [1.165, 1.54) is 0 Å². The van der Waals surface area contributed by atoms with E-state index >= 15 is 0 Å². The predicted molar refractivity (Wildman–Crippen MR) is 119 cm³/mol. The number of likely N-dealkylation sites (tertiary alicyclic amines) is 1. The molecule has 1 aliphatic heterocycles. The Kier molecular flexibility index (Phi) is 5.98. The average molecular weight is 407 g/mol. The first-order chi connectivity index (χ1) is 14.6. The minimum absolute atomic E-state index is 0.0622. The summed E-state index contributed by atoms with van der Waals surface area (Å²) < 4.78 is 10.9. The van der Waals surface area contributed by atoms with Gasteiger partial charge in [-0.25, -0.2) is 0 Å². The van der Waals surface area contributed by atoms with Gasteiger partial charge in [0.05, 0.1) is 14.2 Å². The number of rotatable bonds is 6. The largest absolute Gasteiger partial charge is 0.493 e. The maximum atomic E-state index is 13.3. The van der Waals surface area contributed by atoms with Gasteiger partial charge in [0.1, 0.15) is 0 Å². The lowest BCUT2D eigenvalue weighted by atomic mass is 9.87. The molecule has 3 aromatic rings. The Balaban J connectivity index is 1.71. The number of nitrogens with zero attached hydrogens (tertiary/aromatic N) is 1. The average Bonchev–Trinajstić information content (AvgIpc) is 3.21. The first-order valence-corrected chi connectivity index (χ1v) is 10.7. The van der Waals surface area contributed by atoms with Gasteiger partial charge in [-0.1, -0.05) is 31.2 Å². The molecule has 1 fully saturated rings. The summed E-state index contributed by atoms with van der Waals surface area (Å²) in [6, 6.07) is 14.2. The number of hydrogen-bond acceptors (Lipinski definition) is 3. The Bertz CT molecular complexity index is 1020. The van der Waals surface area contributed by atoms with Crippen LogP contribution in [0, 0.1) is 5.92 Å². The number of ether oxygens (including phenoxy) is 2. The molecule has 1 amide bonds.